The molecule has 1 atom stereocenters. The van der Waals surface area contributed by atoms with Crippen LogP contribution in [0, 0.1) is 23.2 Å². The molecule has 0 aliphatic carbocycles. The topological polar surface area (TPSA) is 157 Å². The Morgan fingerprint density at radius 3 is 2.22 bits per heavy atom. The van der Waals surface area contributed by atoms with Crippen LogP contribution in [0.3, 0.4) is 0 Å². The van der Waals surface area contributed by atoms with E-state index in [9.17, 15) is 24.9 Å². The Morgan fingerprint density at radius 2 is 1.66 bits per heavy atom. The molecule has 1 aliphatic heterocycles. The molecule has 1 saturated heterocycles. The van der Waals surface area contributed by atoms with Crippen LogP contribution in [0.5, 0.6) is 11.5 Å². The first-order valence-corrected chi connectivity index (χ1v) is 24.0. The van der Waals surface area contributed by atoms with Crippen LogP contribution in [0.15, 0.2) is 94.8 Å². The van der Waals surface area contributed by atoms with Gasteiger partial charge >= 0.3 is 0 Å². The van der Waals surface area contributed by atoms with Crippen molar-refractivity contribution in [2.24, 2.45) is 16.8 Å². The van der Waals surface area contributed by atoms with Gasteiger partial charge in [0.25, 0.3) is 5.91 Å². The molecular weight excluding hydrogens is 876 g/mol. The second-order valence-corrected chi connectivity index (χ2v) is 19.1. The highest BCUT2D eigenvalue weighted by atomic mass is 35.5. The minimum atomic E-state index is -0.518. The normalized spacial score (nSPS) is 13.6. The summed E-state index contributed by atoms with van der Waals surface area (Å²) in [7, 11) is 1.48. The number of Topliss-reactive ketones (excluding diaryl/α,β-unsaturated/α-hetero) is 2. The van der Waals surface area contributed by atoms with Gasteiger partial charge in [-0.3, -0.25) is 25.0 Å². The van der Waals surface area contributed by atoms with E-state index in [-0.39, 0.29) is 58.3 Å². The molecule has 68 heavy (non-hydrogen) atoms. The number of benzene rings is 3. The van der Waals surface area contributed by atoms with Gasteiger partial charge in [-0.25, -0.2) is 4.99 Å². The van der Waals surface area contributed by atoms with Crippen LogP contribution in [0.1, 0.15) is 141 Å². The number of hydrogen-bond acceptors (Lipinski definition) is 11. The van der Waals surface area contributed by atoms with Gasteiger partial charge in [0, 0.05) is 60.9 Å². The number of amides is 1. The number of nitriles is 1. The van der Waals surface area contributed by atoms with Crippen molar-refractivity contribution in [2.75, 3.05) is 38.3 Å². The van der Waals surface area contributed by atoms with E-state index in [1.54, 1.807) is 25.3 Å². The summed E-state index contributed by atoms with van der Waals surface area (Å²) in [6.07, 6.45) is 8.83. The van der Waals surface area contributed by atoms with E-state index in [1.807, 2.05) is 84.0 Å². The Kier molecular flexibility index (Phi) is 22.7. The minimum Gasteiger partial charge on any atom is -0.489 e. The average molecular weight is 952 g/mol. The lowest BCUT2D eigenvalue weighted by atomic mass is 9.77. The molecule has 0 saturated carbocycles. The van der Waals surface area contributed by atoms with Gasteiger partial charge < -0.3 is 19.7 Å². The molecule has 1 amide bonds. The fourth-order valence-electron chi connectivity index (χ4n) is 7.34. The summed E-state index contributed by atoms with van der Waals surface area (Å²) >= 11 is 6.72. The first kappa shape index (κ1) is 56.6. The average Bonchev–Trinajstić information content (AvgIpc) is 3.31. The minimum absolute atomic E-state index is 0.00459. The highest BCUT2D eigenvalue weighted by molar-refractivity contribution is 6.32. The summed E-state index contributed by atoms with van der Waals surface area (Å²) in [6, 6.07) is 19.6. The first-order valence-electron chi connectivity index (χ1n) is 23.7. The number of carbonyl (C=O) groups is 3. The van der Waals surface area contributed by atoms with Crippen LogP contribution in [0.4, 0.5) is 5.69 Å². The van der Waals surface area contributed by atoms with E-state index in [0.29, 0.717) is 18.2 Å². The third kappa shape index (κ3) is 17.4. The van der Waals surface area contributed by atoms with Gasteiger partial charge in [-0.05, 0) is 143 Å². The third-order valence-corrected chi connectivity index (χ3v) is 12.5. The molecule has 0 bridgehead atoms. The van der Waals surface area contributed by atoms with E-state index >= 15 is 0 Å². The summed E-state index contributed by atoms with van der Waals surface area (Å²) in [5, 5.41) is 23.7. The maximum Gasteiger partial charge on any atom is 0.258 e. The maximum absolute atomic E-state index is 13.0. The number of nitrogens with one attached hydrogen (secondary N) is 2. The predicted molar refractivity (Wildman–Crippen MR) is 276 cm³/mol. The van der Waals surface area contributed by atoms with E-state index < -0.39 is 5.41 Å². The molecule has 0 radical (unpaired) electrons. The lowest BCUT2D eigenvalue weighted by molar-refractivity contribution is -0.124. The molecule has 1 heterocycles. The molecule has 0 aromatic heterocycles. The number of carbonyl (C=O) groups excluding carboxylic acids is 3. The van der Waals surface area contributed by atoms with E-state index in [0.717, 1.165) is 95.9 Å². The largest absolute Gasteiger partial charge is 0.489 e. The standard InChI is InChI=1S/C45H57ClN6O5.C10H18O/c1-10-32-24-37(13-16-39(32)42(54)29(2)3)52-21-18-36(19-22-52)49-41(53)28-57-43-33(26-47)23-35(25-40(43)46)45(7,8)34-11-14-38(15-12-34)56-27-31(6)17-20-48-44(30(4)5)50-51(9)55;1-5-8(2)6-7-9(3)10(4)11/h11-17,20,23-25,29,36,50,55H,10,18-19,21-22,27-28H2,1-9H3,(H,49,53);9H,2,5-7H2,1,3-4H3/b31-17+,48-20-;. The molecule has 1 aliphatic rings. The second kappa shape index (κ2) is 27.3. The number of hydroxylamine groups is 1. The zero-order valence-electron chi connectivity index (χ0n) is 42.5. The monoisotopic (exact) mass is 951 g/mol. The Hall–Kier alpha value is -5.74. The molecule has 12 nitrogen and oxygen atoms in total. The van der Waals surface area contributed by atoms with Crippen LogP contribution >= 0.6 is 11.6 Å². The number of hydrazine groups is 1. The number of aryl methyl sites for hydroxylation is 1. The van der Waals surface area contributed by atoms with Crippen molar-refractivity contribution in [3.8, 4) is 17.6 Å². The lowest BCUT2D eigenvalue weighted by Crippen LogP contribution is -2.46. The third-order valence-electron chi connectivity index (χ3n) is 12.2. The molecule has 3 aromatic rings. The van der Waals surface area contributed by atoms with Crippen LogP contribution < -0.4 is 25.1 Å². The Morgan fingerprint density at radius 1 is 1.00 bits per heavy atom. The van der Waals surface area contributed by atoms with E-state index in [2.05, 4.69) is 67.0 Å². The van der Waals surface area contributed by atoms with Gasteiger partial charge in [-0.1, -0.05) is 84.4 Å². The number of halogens is 1. The maximum atomic E-state index is 13.0. The van der Waals surface area contributed by atoms with Crippen molar-refractivity contribution in [3.63, 3.8) is 0 Å². The van der Waals surface area contributed by atoms with Crippen LogP contribution in [0.2, 0.25) is 5.02 Å². The highest BCUT2D eigenvalue weighted by Crippen LogP contribution is 2.39. The summed E-state index contributed by atoms with van der Waals surface area (Å²) in [4.78, 5) is 43.1. The van der Waals surface area contributed by atoms with Crippen molar-refractivity contribution in [3.05, 3.63) is 123 Å². The van der Waals surface area contributed by atoms with Crippen LogP contribution in [-0.4, -0.2) is 73.5 Å². The number of aliphatic imine (C=N–C) groups is 1. The Bertz CT molecular complexity index is 2330. The fourth-order valence-corrected chi connectivity index (χ4v) is 7.61. The molecular formula is C55H75ClN6O6. The van der Waals surface area contributed by atoms with Gasteiger partial charge in [-0.2, -0.15) is 5.26 Å². The van der Waals surface area contributed by atoms with Crippen molar-refractivity contribution in [1.82, 2.24) is 15.9 Å². The molecule has 0 spiro atoms. The summed E-state index contributed by atoms with van der Waals surface area (Å²) in [5.41, 5.74) is 10.4. The van der Waals surface area contributed by atoms with E-state index in [4.69, 9.17) is 21.1 Å². The number of nitrogens with zero attached hydrogens (tertiary/aromatic N) is 4. The fraction of sp³-hybridized carbons (Fsp3) is 0.473. The summed E-state index contributed by atoms with van der Waals surface area (Å²) in [6.45, 7) is 27.0. The van der Waals surface area contributed by atoms with Gasteiger partial charge in [-0.15, -0.1) is 5.17 Å². The number of ketones is 2. The van der Waals surface area contributed by atoms with Crippen molar-refractivity contribution >= 4 is 41.0 Å². The summed E-state index contributed by atoms with van der Waals surface area (Å²) in [5.74, 6) is 1.77. The molecule has 4 rings (SSSR count). The van der Waals surface area contributed by atoms with Crippen molar-refractivity contribution in [1.29, 1.82) is 5.26 Å². The predicted octanol–water partition coefficient (Wildman–Crippen LogP) is 11.5. The van der Waals surface area contributed by atoms with E-state index in [1.165, 1.54) is 12.6 Å². The number of piperidine rings is 1. The van der Waals surface area contributed by atoms with Crippen LogP contribution in [0.25, 0.3) is 0 Å². The number of allylic oxidation sites excluding steroid dienone is 3. The summed E-state index contributed by atoms with van der Waals surface area (Å²) < 4.78 is 11.9. The van der Waals surface area contributed by atoms with Gasteiger partial charge in [0.15, 0.2) is 18.1 Å². The molecule has 1 unspecified atom stereocenters. The number of hydrogen-bond donors (Lipinski definition) is 3. The number of rotatable bonds is 22. The van der Waals surface area contributed by atoms with Gasteiger partial charge in [0.1, 0.15) is 30.0 Å². The highest BCUT2D eigenvalue weighted by Gasteiger charge is 2.27. The quantitative estimate of drug-likeness (QED) is 0.0383. The Balaban J connectivity index is 0.000000985. The van der Waals surface area contributed by atoms with Crippen LogP contribution in [-0.2, 0) is 21.4 Å². The lowest BCUT2D eigenvalue weighted by Gasteiger charge is -2.34. The second-order valence-electron chi connectivity index (χ2n) is 18.6. The first-order chi connectivity index (χ1) is 32.1. The Labute approximate surface area is 411 Å². The van der Waals surface area contributed by atoms with Crippen molar-refractivity contribution in [2.45, 2.75) is 126 Å². The smallest absolute Gasteiger partial charge is 0.258 e. The van der Waals surface area contributed by atoms with Gasteiger partial charge in [0.2, 0.25) is 0 Å². The number of anilines is 1. The molecule has 3 aromatic carbocycles. The molecule has 13 heteroatoms. The molecule has 3 N–H and O–H groups in total. The molecule has 1 fully saturated rings. The SMILES string of the molecule is C=C(CC)CCC(C)C(C)=O.CCc1cc(N2CCC(NC(=O)COc3c(Cl)cc(C(C)(C)c4ccc(OC/C(C)=C/C=N\C(NN(C)O)=C(C)C)cc4)cc3C#N)CC2)ccc1C(=O)C(C)C. The zero-order valence-corrected chi connectivity index (χ0v) is 43.3. The number of ether oxygens (including phenoxy) is 2. The van der Waals surface area contributed by atoms with Gasteiger partial charge in [0.05, 0.1) is 10.6 Å². The molecule has 368 valence electrons. The zero-order chi connectivity index (χ0) is 50.7. The van der Waals surface area contributed by atoms with Crippen molar-refractivity contribution < 1.29 is 29.1 Å².